The molecule has 0 aliphatic carbocycles. The van der Waals surface area contributed by atoms with Crippen molar-refractivity contribution in [3.63, 3.8) is 0 Å². The van der Waals surface area contributed by atoms with Crippen molar-refractivity contribution in [3.05, 3.63) is 36.1 Å². The molecule has 0 aliphatic heterocycles. The van der Waals surface area contributed by atoms with E-state index >= 15 is 0 Å². The number of methoxy groups -OCH3 is 1. The van der Waals surface area contributed by atoms with Gasteiger partial charge in [0.05, 0.1) is 7.11 Å². The zero-order chi connectivity index (χ0) is 8.81. The topological polar surface area (TPSA) is 18.5 Å². The zero-order valence-corrected chi connectivity index (χ0v) is 7.41. The van der Waals surface area contributed by atoms with Gasteiger partial charge in [-0.05, 0) is 24.3 Å². The monoisotopic (exact) mass is 184 g/mol. The van der Waals surface area contributed by atoms with Crippen LogP contribution in [-0.4, -0.2) is 7.11 Å². The summed E-state index contributed by atoms with van der Waals surface area (Å²) in [6.07, 6.45) is 1.41. The van der Waals surface area contributed by atoms with Gasteiger partial charge in [-0.15, -0.1) is 0 Å². The second-order valence-corrected chi connectivity index (χ2v) is 2.31. The standard InChI is InChI=1S/C9H9ClO2/c1-11-8-2-4-9(5-3-8)12-7-6-10/h2-7H,1H3/b7-6+. The molecule has 64 valence electrons. The Morgan fingerprint density at radius 2 is 1.75 bits per heavy atom. The van der Waals surface area contributed by atoms with E-state index in [0.717, 1.165) is 11.5 Å². The molecule has 0 heterocycles. The van der Waals surface area contributed by atoms with Crippen molar-refractivity contribution >= 4 is 11.6 Å². The summed E-state index contributed by atoms with van der Waals surface area (Å²) in [4.78, 5) is 0. The lowest BCUT2D eigenvalue weighted by Gasteiger charge is -2.01. The highest BCUT2D eigenvalue weighted by molar-refractivity contribution is 6.25. The van der Waals surface area contributed by atoms with E-state index in [1.54, 1.807) is 19.2 Å². The molecule has 0 amide bonds. The number of ether oxygens (including phenoxy) is 2. The van der Waals surface area contributed by atoms with Crippen LogP contribution in [0, 0.1) is 0 Å². The van der Waals surface area contributed by atoms with Crippen LogP contribution >= 0.6 is 11.6 Å². The molecule has 0 saturated carbocycles. The second kappa shape index (κ2) is 4.67. The first-order valence-electron chi connectivity index (χ1n) is 3.43. The highest BCUT2D eigenvalue weighted by atomic mass is 35.5. The highest BCUT2D eigenvalue weighted by Crippen LogP contribution is 2.16. The Hall–Kier alpha value is -1.15. The molecule has 0 aliphatic rings. The average molecular weight is 185 g/mol. The molecule has 0 radical (unpaired) electrons. The summed E-state index contributed by atoms with van der Waals surface area (Å²) in [5.41, 5.74) is 1.31. The number of hydrogen-bond donors (Lipinski definition) is 0. The van der Waals surface area contributed by atoms with E-state index in [0.29, 0.717) is 0 Å². The first-order valence-corrected chi connectivity index (χ1v) is 3.86. The van der Waals surface area contributed by atoms with E-state index in [4.69, 9.17) is 21.1 Å². The fourth-order valence-corrected chi connectivity index (χ4v) is 0.810. The molecule has 0 fully saturated rings. The Balaban J connectivity index is 2.64. The van der Waals surface area contributed by atoms with Gasteiger partial charge in [-0.1, -0.05) is 11.6 Å². The van der Waals surface area contributed by atoms with Gasteiger partial charge < -0.3 is 9.47 Å². The van der Waals surface area contributed by atoms with Crippen molar-refractivity contribution < 1.29 is 9.47 Å². The van der Waals surface area contributed by atoms with Crippen molar-refractivity contribution in [2.24, 2.45) is 0 Å². The molecule has 1 aromatic carbocycles. The van der Waals surface area contributed by atoms with Gasteiger partial charge in [0.2, 0.25) is 0 Å². The lowest BCUT2D eigenvalue weighted by molar-refractivity contribution is 0.413. The maximum Gasteiger partial charge on any atom is 0.126 e. The quantitative estimate of drug-likeness (QED) is 0.673. The third-order valence-corrected chi connectivity index (χ3v) is 1.42. The number of benzene rings is 1. The van der Waals surface area contributed by atoms with E-state index in [-0.39, 0.29) is 0 Å². The van der Waals surface area contributed by atoms with E-state index in [1.807, 2.05) is 12.1 Å². The fourth-order valence-electron chi connectivity index (χ4n) is 0.759. The summed E-state index contributed by atoms with van der Waals surface area (Å²) >= 11 is 5.28. The molecule has 0 N–H and O–H groups in total. The third-order valence-electron chi connectivity index (χ3n) is 1.31. The summed E-state index contributed by atoms with van der Waals surface area (Å²) in [6.45, 7) is 0. The van der Waals surface area contributed by atoms with Crippen molar-refractivity contribution in [2.75, 3.05) is 7.11 Å². The van der Waals surface area contributed by atoms with Gasteiger partial charge in [-0.3, -0.25) is 0 Å². The highest BCUT2D eigenvalue weighted by Gasteiger charge is 1.91. The molecule has 0 atom stereocenters. The van der Waals surface area contributed by atoms with Crippen LogP contribution in [-0.2, 0) is 0 Å². The van der Waals surface area contributed by atoms with Gasteiger partial charge in [0.1, 0.15) is 17.8 Å². The molecule has 1 aromatic rings. The first-order chi connectivity index (χ1) is 5.86. The van der Waals surface area contributed by atoms with Gasteiger partial charge in [0.25, 0.3) is 0 Å². The summed E-state index contributed by atoms with van der Waals surface area (Å²) in [5, 5.41) is 0. The predicted molar refractivity (Wildman–Crippen MR) is 48.6 cm³/mol. The predicted octanol–water partition coefficient (Wildman–Crippen LogP) is 2.78. The Kier molecular flexibility index (Phi) is 3.48. The van der Waals surface area contributed by atoms with Crippen molar-refractivity contribution in [1.29, 1.82) is 0 Å². The van der Waals surface area contributed by atoms with Gasteiger partial charge in [-0.2, -0.15) is 0 Å². The number of rotatable bonds is 3. The van der Waals surface area contributed by atoms with Crippen LogP contribution in [0.3, 0.4) is 0 Å². The van der Waals surface area contributed by atoms with Crippen molar-refractivity contribution in [2.45, 2.75) is 0 Å². The van der Waals surface area contributed by atoms with Crippen LogP contribution in [0.1, 0.15) is 0 Å². The molecule has 0 aromatic heterocycles. The zero-order valence-electron chi connectivity index (χ0n) is 6.66. The molecule has 12 heavy (non-hydrogen) atoms. The van der Waals surface area contributed by atoms with Crippen molar-refractivity contribution in [3.8, 4) is 11.5 Å². The fraction of sp³-hybridized carbons (Fsp3) is 0.111. The van der Waals surface area contributed by atoms with Crippen LogP contribution < -0.4 is 9.47 Å². The molecule has 3 heteroatoms. The van der Waals surface area contributed by atoms with Crippen LogP contribution in [0.4, 0.5) is 0 Å². The maximum absolute atomic E-state index is 5.28. The molecule has 0 bridgehead atoms. The molecule has 0 saturated heterocycles. The average Bonchev–Trinajstić information content (AvgIpc) is 2.15. The van der Waals surface area contributed by atoms with Crippen molar-refractivity contribution in [1.82, 2.24) is 0 Å². The number of hydrogen-bond acceptors (Lipinski definition) is 2. The third kappa shape index (κ3) is 2.47. The van der Waals surface area contributed by atoms with Gasteiger partial charge >= 0.3 is 0 Å². The summed E-state index contributed by atoms with van der Waals surface area (Å²) < 4.78 is 10.1. The Labute approximate surface area is 76.4 Å². The molecule has 2 nitrogen and oxygen atoms in total. The lowest BCUT2D eigenvalue weighted by Crippen LogP contribution is -1.83. The van der Waals surface area contributed by atoms with Crippen LogP contribution in [0.25, 0.3) is 0 Å². The summed E-state index contributed by atoms with van der Waals surface area (Å²) in [6, 6.07) is 7.24. The number of halogens is 1. The Morgan fingerprint density at radius 3 is 2.25 bits per heavy atom. The SMILES string of the molecule is COc1ccc(O/C=C/Cl)cc1. The Bertz CT molecular complexity index is 254. The van der Waals surface area contributed by atoms with E-state index in [1.165, 1.54) is 11.8 Å². The second-order valence-electron chi connectivity index (χ2n) is 2.06. The molecule has 0 spiro atoms. The van der Waals surface area contributed by atoms with Gasteiger partial charge in [0.15, 0.2) is 0 Å². The normalized spacial score (nSPS) is 10.2. The van der Waals surface area contributed by atoms with Gasteiger partial charge in [-0.25, -0.2) is 0 Å². The minimum atomic E-state index is 0.729. The largest absolute Gasteiger partial charge is 0.497 e. The summed E-state index contributed by atoms with van der Waals surface area (Å²) in [7, 11) is 1.62. The Morgan fingerprint density at radius 1 is 1.17 bits per heavy atom. The van der Waals surface area contributed by atoms with E-state index < -0.39 is 0 Å². The smallest absolute Gasteiger partial charge is 0.126 e. The van der Waals surface area contributed by atoms with Crippen LogP contribution in [0.15, 0.2) is 36.1 Å². The van der Waals surface area contributed by atoms with E-state index in [2.05, 4.69) is 0 Å². The van der Waals surface area contributed by atoms with Crippen LogP contribution in [0.2, 0.25) is 0 Å². The minimum Gasteiger partial charge on any atom is -0.497 e. The van der Waals surface area contributed by atoms with E-state index in [9.17, 15) is 0 Å². The first kappa shape index (κ1) is 8.94. The molecule has 1 rings (SSSR count). The maximum atomic E-state index is 5.28. The lowest BCUT2D eigenvalue weighted by atomic mass is 10.3. The molecular formula is C9H9ClO2. The van der Waals surface area contributed by atoms with Gasteiger partial charge in [0, 0.05) is 5.54 Å². The minimum absolute atomic E-state index is 0.729. The van der Waals surface area contributed by atoms with Crippen LogP contribution in [0.5, 0.6) is 11.5 Å². The molecular weight excluding hydrogens is 176 g/mol. The summed E-state index contributed by atoms with van der Waals surface area (Å²) in [5.74, 6) is 1.53. The molecule has 0 unspecified atom stereocenters.